The average molecular weight is 901 g/mol. The summed E-state index contributed by atoms with van der Waals surface area (Å²) in [5.41, 5.74) is 12.0. The van der Waals surface area contributed by atoms with E-state index in [1.54, 1.807) is 71.7 Å². The lowest BCUT2D eigenvalue weighted by atomic mass is 9.84. The fourth-order valence-electron chi connectivity index (χ4n) is 6.98. The summed E-state index contributed by atoms with van der Waals surface area (Å²) in [5, 5.41) is 23.2. The summed E-state index contributed by atoms with van der Waals surface area (Å²) in [7, 11) is -4.60. The molecule has 57 heavy (non-hydrogen) atoms. The first-order valence-corrected chi connectivity index (χ1v) is 20.9. The van der Waals surface area contributed by atoms with Gasteiger partial charge in [-0.2, -0.15) is 19.8 Å². The largest absolute Gasteiger partial charge is 0.369 e. The fourth-order valence-corrected chi connectivity index (χ4v) is 9.85. The third-order valence-corrected chi connectivity index (χ3v) is 13.0. The Morgan fingerprint density at radius 1 is 0.842 bits per heavy atom. The highest BCUT2D eigenvalue weighted by Gasteiger charge is 2.47. The molecule has 0 fully saturated rings. The Balaban J connectivity index is 1.42. The van der Waals surface area contributed by atoms with Gasteiger partial charge in [0.1, 0.15) is 5.92 Å². The molecule has 0 aromatic heterocycles. The van der Waals surface area contributed by atoms with Gasteiger partial charge in [0.2, 0.25) is 15.9 Å². The second kappa shape index (κ2) is 16.9. The summed E-state index contributed by atoms with van der Waals surface area (Å²) in [6.45, 7) is -0.343. The zero-order valence-corrected chi connectivity index (χ0v) is 34.7. The maximum Gasteiger partial charge on any atom is 0.244 e. The third-order valence-electron chi connectivity index (χ3n) is 9.64. The van der Waals surface area contributed by atoms with E-state index < -0.39 is 40.0 Å². The first-order valence-electron chi connectivity index (χ1n) is 17.2. The van der Waals surface area contributed by atoms with Crippen LogP contribution in [-0.4, -0.2) is 36.6 Å². The van der Waals surface area contributed by atoms with Gasteiger partial charge in [-0.05, 0) is 89.5 Å². The fraction of sp³-hybridized carbons (Fsp3) is 0.150. The van der Waals surface area contributed by atoms with Gasteiger partial charge in [0.05, 0.1) is 63.3 Å². The molecule has 0 saturated heterocycles. The number of benzene rings is 5. The molecular formula is C40H29Cl6N7O3S. The van der Waals surface area contributed by atoms with Crippen molar-refractivity contribution in [3.8, 4) is 6.07 Å². The Bertz CT molecular complexity index is 2580. The molecule has 7 rings (SSSR count). The molecule has 1 amide bonds. The molecule has 4 unspecified atom stereocenters. The van der Waals surface area contributed by atoms with Crippen LogP contribution in [0.5, 0.6) is 0 Å². The predicted octanol–water partition coefficient (Wildman–Crippen LogP) is 10.0. The minimum Gasteiger partial charge on any atom is -0.369 e. The van der Waals surface area contributed by atoms with Crippen molar-refractivity contribution >= 4 is 103 Å². The Morgan fingerprint density at radius 3 is 2.07 bits per heavy atom. The van der Waals surface area contributed by atoms with Gasteiger partial charge in [-0.1, -0.05) is 106 Å². The van der Waals surface area contributed by atoms with Gasteiger partial charge in [-0.3, -0.25) is 9.80 Å². The summed E-state index contributed by atoms with van der Waals surface area (Å²) >= 11 is 38.8. The summed E-state index contributed by atoms with van der Waals surface area (Å²) in [6, 6.07) is 28.6. The highest BCUT2D eigenvalue weighted by atomic mass is 35.5. The zero-order chi connectivity index (χ0) is 40.6. The van der Waals surface area contributed by atoms with E-state index in [1.807, 2.05) is 18.2 Å². The molecule has 3 N–H and O–H groups in total. The number of hydrogen-bond acceptors (Lipinski definition) is 8. The molecule has 0 bridgehead atoms. The van der Waals surface area contributed by atoms with Gasteiger partial charge in [-0.15, -0.1) is 0 Å². The van der Waals surface area contributed by atoms with Crippen molar-refractivity contribution in [2.75, 3.05) is 11.6 Å². The number of sulfonamides is 1. The average Bonchev–Trinajstić information content (AvgIpc) is 3.81. The topological polar surface area (TPSA) is 144 Å². The highest BCUT2D eigenvalue weighted by Crippen LogP contribution is 2.44. The minimum atomic E-state index is -4.60. The van der Waals surface area contributed by atoms with Crippen LogP contribution in [-0.2, 0) is 14.8 Å². The zero-order valence-electron chi connectivity index (χ0n) is 29.3. The maximum absolute atomic E-state index is 15.3. The maximum atomic E-state index is 15.3. The van der Waals surface area contributed by atoms with E-state index in [9.17, 15) is 10.1 Å². The van der Waals surface area contributed by atoms with Crippen molar-refractivity contribution in [1.29, 1.82) is 5.26 Å². The summed E-state index contributed by atoms with van der Waals surface area (Å²) in [5.74, 6) is -1.95. The van der Waals surface area contributed by atoms with Crippen LogP contribution >= 0.6 is 69.6 Å². The molecule has 0 aliphatic carbocycles. The second-order valence-corrected chi connectivity index (χ2v) is 17.7. The first-order chi connectivity index (χ1) is 27.2. The lowest BCUT2D eigenvalue weighted by Crippen LogP contribution is -2.46. The predicted molar refractivity (Wildman–Crippen MR) is 227 cm³/mol. The molecule has 5 aromatic rings. The Kier molecular flexibility index (Phi) is 12.1. The Hall–Kier alpha value is -4.35. The van der Waals surface area contributed by atoms with E-state index in [4.69, 9.17) is 80.4 Å². The summed E-state index contributed by atoms with van der Waals surface area (Å²) in [4.78, 5) is 13.3. The number of rotatable bonds is 11. The number of primary amides is 1. The lowest BCUT2D eigenvalue weighted by Gasteiger charge is -2.33. The van der Waals surface area contributed by atoms with E-state index in [1.165, 1.54) is 34.6 Å². The van der Waals surface area contributed by atoms with Crippen LogP contribution in [0, 0.1) is 17.2 Å². The molecule has 0 spiro atoms. The molecule has 0 saturated carbocycles. The molecule has 2 heterocycles. The summed E-state index contributed by atoms with van der Waals surface area (Å²) in [6.07, 6.45) is 0.225. The van der Waals surface area contributed by atoms with Crippen LogP contribution in [0.15, 0.2) is 124 Å². The summed E-state index contributed by atoms with van der Waals surface area (Å²) < 4.78 is 31.7. The van der Waals surface area contributed by atoms with Gasteiger partial charge in [-0.25, -0.2) is 8.42 Å². The third kappa shape index (κ3) is 8.46. The van der Waals surface area contributed by atoms with E-state index in [0.717, 1.165) is 5.56 Å². The number of carbonyl (C=O) groups excluding carboxylic acids is 1. The van der Waals surface area contributed by atoms with E-state index in [-0.39, 0.29) is 44.7 Å². The van der Waals surface area contributed by atoms with Crippen LogP contribution in [0.2, 0.25) is 30.1 Å². The number of anilines is 1. The smallest absolute Gasteiger partial charge is 0.244 e. The van der Waals surface area contributed by atoms with Gasteiger partial charge in [0.25, 0.3) is 0 Å². The molecule has 2 aliphatic heterocycles. The van der Waals surface area contributed by atoms with Crippen LogP contribution in [0.25, 0.3) is 0 Å². The number of halogens is 6. The lowest BCUT2D eigenvalue weighted by molar-refractivity contribution is -0.120. The van der Waals surface area contributed by atoms with Gasteiger partial charge >= 0.3 is 0 Å². The van der Waals surface area contributed by atoms with Crippen molar-refractivity contribution in [1.82, 2.24) is 9.73 Å². The van der Waals surface area contributed by atoms with E-state index in [0.29, 0.717) is 37.1 Å². The Labute approximate surface area is 359 Å². The molecule has 4 atom stereocenters. The quantitative estimate of drug-likeness (QED) is 0.135. The monoisotopic (exact) mass is 897 g/mol. The number of nitrogens with zero attached hydrogens (tertiary/aromatic N) is 5. The highest BCUT2D eigenvalue weighted by molar-refractivity contribution is 7.89. The number of hydrogen-bond donors (Lipinski definition) is 2. The standard InChI is InChI=1S/C40H29Cl6N7O3S/c41-25-8-4-23(5-9-25)35-19-29(51-53(35)34-15-13-28(44)18-33(34)46)21-52(57(55,56)30-3-1-2-22(16-30)20-47)39(31-14-12-27(43)17-32(31)45)38-36(40(48)54)37(49-50-38)24-6-10-26(42)11-7-24/h1-18,35-37,39,49H,19,21H2,(H2,48,54). The van der Waals surface area contributed by atoms with Crippen LogP contribution < -0.4 is 16.2 Å². The van der Waals surface area contributed by atoms with Gasteiger partial charge in [0.15, 0.2) is 0 Å². The Morgan fingerprint density at radius 2 is 1.46 bits per heavy atom. The molecule has 10 nitrogen and oxygen atoms in total. The van der Waals surface area contributed by atoms with Crippen molar-refractivity contribution in [2.45, 2.75) is 29.4 Å². The normalized spacial score (nSPS) is 18.5. The van der Waals surface area contributed by atoms with E-state index in [2.05, 4.69) is 10.5 Å². The van der Waals surface area contributed by atoms with Crippen LogP contribution in [0.3, 0.4) is 0 Å². The van der Waals surface area contributed by atoms with Gasteiger partial charge < -0.3 is 11.2 Å². The van der Waals surface area contributed by atoms with Crippen molar-refractivity contribution in [3.05, 3.63) is 162 Å². The van der Waals surface area contributed by atoms with Gasteiger partial charge in [0, 0.05) is 31.5 Å². The number of nitrogens with two attached hydrogens (primary N) is 1. The van der Waals surface area contributed by atoms with Crippen molar-refractivity contribution in [3.63, 3.8) is 0 Å². The van der Waals surface area contributed by atoms with Crippen molar-refractivity contribution in [2.24, 2.45) is 21.9 Å². The molecule has 5 aromatic carbocycles. The number of amides is 1. The molecule has 290 valence electrons. The molecular weight excluding hydrogens is 871 g/mol. The molecule has 2 aliphatic rings. The van der Waals surface area contributed by atoms with Crippen molar-refractivity contribution < 1.29 is 13.2 Å². The van der Waals surface area contributed by atoms with Crippen LogP contribution in [0.4, 0.5) is 5.69 Å². The molecule has 0 radical (unpaired) electrons. The van der Waals surface area contributed by atoms with Crippen LogP contribution in [0.1, 0.15) is 46.8 Å². The number of nitriles is 1. The SMILES string of the molecule is N#Cc1cccc(S(=O)(=O)N(CC2=NN(c3ccc(Cl)cc3Cl)C(c3ccc(Cl)cc3)C2)C(C2=NNC(c3ccc(Cl)cc3)C2C(N)=O)c2ccc(Cl)cc2Cl)c1. The first kappa shape index (κ1) is 40.8. The number of hydrazone groups is 2. The second-order valence-electron chi connectivity index (χ2n) is 13.2. The molecule has 17 heteroatoms. The number of carbonyl (C=O) groups is 1. The minimum absolute atomic E-state index is 0.0668. The van der Waals surface area contributed by atoms with E-state index >= 15 is 8.42 Å². The number of nitrogens with one attached hydrogen (secondary N) is 1.